The van der Waals surface area contributed by atoms with Crippen LogP contribution in [0.1, 0.15) is 32.6 Å². The topological polar surface area (TPSA) is 15.3 Å². The minimum absolute atomic E-state index is 0.605. The Bertz CT molecular complexity index is 315. The summed E-state index contributed by atoms with van der Waals surface area (Å²) < 4.78 is 0.868. The lowest BCUT2D eigenvalue weighted by Crippen LogP contribution is -2.41. The van der Waals surface area contributed by atoms with Crippen molar-refractivity contribution in [1.82, 2.24) is 10.2 Å². The lowest BCUT2D eigenvalue weighted by molar-refractivity contribution is 0.176. The van der Waals surface area contributed by atoms with E-state index in [2.05, 4.69) is 44.0 Å². The summed E-state index contributed by atoms with van der Waals surface area (Å²) in [5.74, 6) is 0. The van der Waals surface area contributed by atoms with Crippen molar-refractivity contribution in [3.63, 3.8) is 0 Å². The van der Waals surface area contributed by atoms with Crippen molar-refractivity contribution in [2.45, 2.75) is 46.3 Å². The fraction of sp³-hybridized carbons (Fsp3) is 0.692. The lowest BCUT2D eigenvalue weighted by Gasteiger charge is -2.30. The van der Waals surface area contributed by atoms with E-state index in [0.29, 0.717) is 12.1 Å². The molecule has 0 saturated heterocycles. The summed E-state index contributed by atoms with van der Waals surface area (Å²) >= 11 is 7.54. The third-order valence-electron chi connectivity index (χ3n) is 2.80. The van der Waals surface area contributed by atoms with Crippen LogP contribution in [0, 0.1) is 0 Å². The molecule has 0 aliphatic rings. The number of hydrogen-bond acceptors (Lipinski definition) is 3. The number of halogens is 1. The molecule has 4 heteroatoms. The molecular weight excluding hydrogens is 252 g/mol. The second-order valence-corrected chi connectivity index (χ2v) is 6.61. The Labute approximate surface area is 114 Å². The molecule has 0 saturated carbocycles. The zero-order valence-corrected chi connectivity index (χ0v) is 12.7. The molecule has 1 N–H and O–H groups in total. The first-order valence-corrected chi connectivity index (χ1v) is 7.41. The zero-order chi connectivity index (χ0) is 12.8. The van der Waals surface area contributed by atoms with Crippen molar-refractivity contribution in [2.75, 3.05) is 13.1 Å². The van der Waals surface area contributed by atoms with Crippen molar-refractivity contribution in [1.29, 1.82) is 0 Å². The molecular formula is C13H23ClN2S. The third kappa shape index (κ3) is 5.38. The van der Waals surface area contributed by atoms with E-state index >= 15 is 0 Å². The van der Waals surface area contributed by atoms with Crippen LogP contribution in [0.4, 0.5) is 0 Å². The highest BCUT2D eigenvalue weighted by Crippen LogP contribution is 2.20. The number of nitrogens with one attached hydrogen (secondary N) is 1. The van der Waals surface area contributed by atoms with Gasteiger partial charge in [0.1, 0.15) is 0 Å². The van der Waals surface area contributed by atoms with Gasteiger partial charge >= 0.3 is 0 Å². The molecule has 0 spiro atoms. The maximum atomic E-state index is 5.89. The second kappa shape index (κ2) is 7.37. The summed E-state index contributed by atoms with van der Waals surface area (Å²) in [4.78, 5) is 3.80. The van der Waals surface area contributed by atoms with Crippen molar-refractivity contribution in [3.05, 3.63) is 21.3 Å². The molecule has 0 radical (unpaired) electrons. The molecule has 0 bridgehead atoms. The Kier molecular flexibility index (Phi) is 6.49. The van der Waals surface area contributed by atoms with Gasteiger partial charge in [-0.25, -0.2) is 0 Å². The van der Waals surface area contributed by atoms with Gasteiger partial charge in [0.05, 0.1) is 4.34 Å². The largest absolute Gasteiger partial charge is 0.311 e. The van der Waals surface area contributed by atoms with Crippen LogP contribution in [0.5, 0.6) is 0 Å². The van der Waals surface area contributed by atoms with Crippen LogP contribution in [0.3, 0.4) is 0 Å². The molecule has 1 aromatic heterocycles. The van der Waals surface area contributed by atoms with Gasteiger partial charge in [-0.05, 0) is 39.8 Å². The van der Waals surface area contributed by atoms with Crippen LogP contribution in [-0.2, 0) is 6.54 Å². The highest BCUT2D eigenvalue weighted by atomic mass is 35.5. The predicted molar refractivity (Wildman–Crippen MR) is 78.0 cm³/mol. The van der Waals surface area contributed by atoms with Crippen LogP contribution in [-0.4, -0.2) is 30.1 Å². The number of nitrogens with zero attached hydrogens (tertiary/aromatic N) is 1. The van der Waals surface area contributed by atoms with Crippen molar-refractivity contribution >= 4 is 22.9 Å². The number of rotatable bonds is 7. The Balaban J connectivity index is 2.23. The fourth-order valence-corrected chi connectivity index (χ4v) is 3.04. The molecule has 1 rings (SSSR count). The van der Waals surface area contributed by atoms with Crippen LogP contribution >= 0.6 is 22.9 Å². The Hall–Kier alpha value is -0.0900. The van der Waals surface area contributed by atoms with E-state index in [1.165, 1.54) is 4.88 Å². The Morgan fingerprint density at radius 1 is 1.24 bits per heavy atom. The van der Waals surface area contributed by atoms with Crippen LogP contribution in [0.2, 0.25) is 4.34 Å². The first kappa shape index (κ1) is 15.0. The SMILES string of the molecule is CC(C)N(CCNCc1ccc(Cl)s1)C(C)C. The molecule has 17 heavy (non-hydrogen) atoms. The van der Waals surface area contributed by atoms with E-state index in [1.54, 1.807) is 11.3 Å². The first-order chi connectivity index (χ1) is 8.00. The molecule has 1 heterocycles. The molecule has 1 aromatic rings. The van der Waals surface area contributed by atoms with E-state index in [4.69, 9.17) is 11.6 Å². The maximum Gasteiger partial charge on any atom is 0.0931 e. The molecule has 0 aromatic carbocycles. The summed E-state index contributed by atoms with van der Waals surface area (Å²) in [6, 6.07) is 5.25. The van der Waals surface area contributed by atoms with Gasteiger partial charge in [0.15, 0.2) is 0 Å². The minimum Gasteiger partial charge on any atom is -0.311 e. The quantitative estimate of drug-likeness (QED) is 0.764. The predicted octanol–water partition coefficient (Wildman–Crippen LogP) is 3.61. The van der Waals surface area contributed by atoms with E-state index in [-0.39, 0.29) is 0 Å². The molecule has 0 aliphatic heterocycles. The zero-order valence-electron chi connectivity index (χ0n) is 11.2. The van der Waals surface area contributed by atoms with Gasteiger partial charge in [-0.1, -0.05) is 11.6 Å². The summed E-state index contributed by atoms with van der Waals surface area (Å²) in [7, 11) is 0. The van der Waals surface area contributed by atoms with Gasteiger partial charge in [-0.15, -0.1) is 11.3 Å². The second-order valence-electron chi connectivity index (χ2n) is 4.81. The average molecular weight is 275 g/mol. The van der Waals surface area contributed by atoms with Crippen LogP contribution in [0.15, 0.2) is 12.1 Å². The molecule has 0 unspecified atom stereocenters. The lowest BCUT2D eigenvalue weighted by atomic mass is 10.2. The molecule has 0 fully saturated rings. The van der Waals surface area contributed by atoms with E-state index in [9.17, 15) is 0 Å². The van der Waals surface area contributed by atoms with Crippen LogP contribution < -0.4 is 5.32 Å². The summed E-state index contributed by atoms with van der Waals surface area (Å²) in [6.45, 7) is 12.0. The summed E-state index contributed by atoms with van der Waals surface area (Å²) in [5.41, 5.74) is 0. The summed E-state index contributed by atoms with van der Waals surface area (Å²) in [6.07, 6.45) is 0. The van der Waals surface area contributed by atoms with Crippen molar-refractivity contribution in [2.24, 2.45) is 0 Å². The van der Waals surface area contributed by atoms with E-state index in [0.717, 1.165) is 24.0 Å². The molecule has 0 amide bonds. The smallest absolute Gasteiger partial charge is 0.0931 e. The van der Waals surface area contributed by atoms with Gasteiger partial charge in [-0.3, -0.25) is 4.90 Å². The van der Waals surface area contributed by atoms with Crippen molar-refractivity contribution < 1.29 is 0 Å². The third-order valence-corrected chi connectivity index (χ3v) is 4.03. The molecule has 0 aliphatic carbocycles. The maximum absolute atomic E-state index is 5.89. The van der Waals surface area contributed by atoms with Gasteiger partial charge in [0.2, 0.25) is 0 Å². The van der Waals surface area contributed by atoms with Gasteiger partial charge in [-0.2, -0.15) is 0 Å². The van der Waals surface area contributed by atoms with Gasteiger partial charge in [0, 0.05) is 36.6 Å². The molecule has 98 valence electrons. The van der Waals surface area contributed by atoms with Crippen molar-refractivity contribution in [3.8, 4) is 0 Å². The normalized spacial score (nSPS) is 12.0. The highest BCUT2D eigenvalue weighted by molar-refractivity contribution is 7.16. The highest BCUT2D eigenvalue weighted by Gasteiger charge is 2.12. The number of thiophene rings is 1. The monoisotopic (exact) mass is 274 g/mol. The number of hydrogen-bond donors (Lipinski definition) is 1. The average Bonchev–Trinajstić information content (AvgIpc) is 2.62. The van der Waals surface area contributed by atoms with Gasteiger partial charge < -0.3 is 5.32 Å². The standard InChI is InChI=1S/C13H23ClN2S/c1-10(2)16(11(3)4)8-7-15-9-12-5-6-13(14)17-12/h5-6,10-11,15H,7-9H2,1-4H3. The first-order valence-electron chi connectivity index (χ1n) is 6.21. The molecule has 0 atom stereocenters. The fourth-order valence-electron chi connectivity index (χ4n) is 1.98. The van der Waals surface area contributed by atoms with Crippen LogP contribution in [0.25, 0.3) is 0 Å². The van der Waals surface area contributed by atoms with E-state index in [1.807, 2.05) is 6.07 Å². The minimum atomic E-state index is 0.605. The molecule has 2 nitrogen and oxygen atoms in total. The Morgan fingerprint density at radius 3 is 2.35 bits per heavy atom. The van der Waals surface area contributed by atoms with E-state index < -0.39 is 0 Å². The Morgan fingerprint density at radius 2 is 1.88 bits per heavy atom. The van der Waals surface area contributed by atoms with Gasteiger partial charge in [0.25, 0.3) is 0 Å². The summed E-state index contributed by atoms with van der Waals surface area (Å²) in [5, 5.41) is 3.47.